The first-order valence-corrected chi connectivity index (χ1v) is 17.6. The maximum Gasteiger partial charge on any atom is -0.0386 e. The van der Waals surface area contributed by atoms with Crippen LogP contribution < -0.4 is 0 Å². The lowest BCUT2D eigenvalue weighted by Gasteiger charge is -2.05. The van der Waals surface area contributed by atoms with Gasteiger partial charge in [-0.1, -0.05) is 220 Å². The predicted octanol–water partition coefficient (Wildman–Crippen LogP) is 14.0. The summed E-state index contributed by atoms with van der Waals surface area (Å²) < 4.78 is 0. The minimum Gasteiger partial charge on any atom is -0.0654 e. The second-order valence-corrected chi connectivity index (χ2v) is 12.6. The second-order valence-electron chi connectivity index (χ2n) is 12.6. The molecular weight excluding hydrogens is 432 g/mol. The fraction of sp³-hybridized carbons (Fsp3) is 0.972. The van der Waals surface area contributed by atoms with Gasteiger partial charge in [0.2, 0.25) is 0 Å². The summed E-state index contributed by atoms with van der Waals surface area (Å²) >= 11 is 0. The average Bonchev–Trinajstić information content (AvgIpc) is 2.87. The molecule has 0 heteroatoms. The Morgan fingerprint density at radius 3 is 0.861 bits per heavy atom. The van der Waals surface area contributed by atoms with Crippen LogP contribution in [0.3, 0.4) is 0 Å². The van der Waals surface area contributed by atoms with Crippen LogP contribution in [0.2, 0.25) is 0 Å². The molecule has 0 aliphatic carbocycles. The predicted molar refractivity (Wildman–Crippen MR) is 168 cm³/mol. The number of hydrogen-bond donors (Lipinski definition) is 0. The Kier molecular flexibility index (Phi) is 33.0. The van der Waals surface area contributed by atoms with Crippen molar-refractivity contribution in [3.05, 3.63) is 6.42 Å². The molecule has 36 heavy (non-hydrogen) atoms. The number of rotatable bonds is 32. The van der Waals surface area contributed by atoms with Crippen molar-refractivity contribution in [2.75, 3.05) is 0 Å². The van der Waals surface area contributed by atoms with Crippen molar-refractivity contribution in [3.8, 4) is 0 Å². The molecule has 0 fully saturated rings. The third-order valence-corrected chi connectivity index (χ3v) is 8.20. The van der Waals surface area contributed by atoms with Gasteiger partial charge >= 0.3 is 0 Å². The zero-order valence-electron chi connectivity index (χ0n) is 26.1. The van der Waals surface area contributed by atoms with Gasteiger partial charge in [-0.3, -0.25) is 0 Å². The number of hydrogen-bond acceptors (Lipinski definition) is 0. The van der Waals surface area contributed by atoms with E-state index in [2.05, 4.69) is 27.2 Å². The summed E-state index contributed by atoms with van der Waals surface area (Å²) in [5, 5.41) is 0. The maximum atomic E-state index is 2.59. The van der Waals surface area contributed by atoms with Crippen molar-refractivity contribution in [1.29, 1.82) is 0 Å². The average molecular weight is 506 g/mol. The van der Waals surface area contributed by atoms with Crippen molar-refractivity contribution >= 4 is 0 Å². The van der Waals surface area contributed by atoms with Crippen LogP contribution in [-0.2, 0) is 0 Å². The highest BCUT2D eigenvalue weighted by atomic mass is 14.0. The van der Waals surface area contributed by atoms with Gasteiger partial charge in [0.25, 0.3) is 0 Å². The van der Waals surface area contributed by atoms with Gasteiger partial charge in [0.15, 0.2) is 0 Å². The summed E-state index contributed by atoms with van der Waals surface area (Å²) in [6, 6.07) is 0. The summed E-state index contributed by atoms with van der Waals surface area (Å²) in [6.45, 7) is 7.00. The van der Waals surface area contributed by atoms with Crippen molar-refractivity contribution in [1.82, 2.24) is 0 Å². The van der Waals surface area contributed by atoms with E-state index in [1.54, 1.807) is 0 Å². The Morgan fingerprint density at radius 2 is 0.583 bits per heavy atom. The quantitative estimate of drug-likeness (QED) is 0.0797. The van der Waals surface area contributed by atoms with Gasteiger partial charge in [0.1, 0.15) is 0 Å². The summed E-state index contributed by atoms with van der Waals surface area (Å²) in [7, 11) is 0. The zero-order valence-corrected chi connectivity index (χ0v) is 26.1. The molecule has 0 unspecified atom stereocenters. The molecule has 0 aromatic heterocycles. The van der Waals surface area contributed by atoms with E-state index in [0.717, 1.165) is 5.92 Å². The molecule has 217 valence electrons. The highest BCUT2D eigenvalue weighted by Gasteiger charge is 1.97. The maximum absolute atomic E-state index is 2.59. The first-order valence-electron chi connectivity index (χ1n) is 17.6. The van der Waals surface area contributed by atoms with Gasteiger partial charge < -0.3 is 0 Å². The molecule has 0 spiro atoms. The fourth-order valence-electron chi connectivity index (χ4n) is 5.59. The molecule has 0 aliphatic heterocycles. The molecule has 0 aromatic carbocycles. The van der Waals surface area contributed by atoms with Gasteiger partial charge in [-0.05, 0) is 12.3 Å². The van der Waals surface area contributed by atoms with Crippen LogP contribution in [0.1, 0.15) is 220 Å². The van der Waals surface area contributed by atoms with E-state index in [4.69, 9.17) is 0 Å². The summed E-state index contributed by atoms with van der Waals surface area (Å²) in [5.41, 5.74) is 0. The highest BCUT2D eigenvalue weighted by Crippen LogP contribution is 2.17. The largest absolute Gasteiger partial charge is 0.0654 e. The first-order chi connectivity index (χ1) is 17.8. The minimum absolute atomic E-state index is 0.895. The van der Waals surface area contributed by atoms with Gasteiger partial charge in [-0.15, -0.1) is 0 Å². The molecular formula is C36H73. The second kappa shape index (κ2) is 33.0. The van der Waals surface area contributed by atoms with Crippen LogP contribution in [0.4, 0.5) is 0 Å². The highest BCUT2D eigenvalue weighted by molar-refractivity contribution is 4.65. The Bertz CT molecular complexity index is 357. The molecule has 0 amide bonds. The van der Waals surface area contributed by atoms with Crippen LogP contribution in [0, 0.1) is 12.3 Å². The molecule has 0 aliphatic rings. The van der Waals surface area contributed by atoms with Crippen molar-refractivity contribution in [2.45, 2.75) is 220 Å². The minimum atomic E-state index is 0.895. The lowest BCUT2D eigenvalue weighted by atomic mass is 10.0. The van der Waals surface area contributed by atoms with Crippen LogP contribution >= 0.6 is 0 Å². The van der Waals surface area contributed by atoms with Crippen LogP contribution in [0.15, 0.2) is 0 Å². The molecule has 0 heterocycles. The topological polar surface area (TPSA) is 0 Å². The monoisotopic (exact) mass is 506 g/mol. The van der Waals surface area contributed by atoms with E-state index < -0.39 is 0 Å². The van der Waals surface area contributed by atoms with E-state index in [1.807, 2.05) is 0 Å². The van der Waals surface area contributed by atoms with Gasteiger partial charge in [-0.2, -0.15) is 0 Å². The Hall–Kier alpha value is 0. The molecule has 0 saturated heterocycles. The van der Waals surface area contributed by atoms with Crippen LogP contribution in [0.5, 0.6) is 0 Å². The molecule has 0 atom stereocenters. The van der Waals surface area contributed by atoms with Crippen molar-refractivity contribution in [2.24, 2.45) is 5.92 Å². The molecule has 0 nitrogen and oxygen atoms in total. The summed E-state index contributed by atoms with van der Waals surface area (Å²) in [4.78, 5) is 0. The molecule has 0 saturated carbocycles. The molecule has 1 radical (unpaired) electrons. The lowest BCUT2D eigenvalue weighted by Crippen LogP contribution is -1.87. The van der Waals surface area contributed by atoms with Crippen LogP contribution in [-0.4, -0.2) is 0 Å². The summed E-state index contributed by atoms with van der Waals surface area (Å²) in [5.74, 6) is 0.895. The lowest BCUT2D eigenvalue weighted by molar-refractivity contribution is 0.503. The van der Waals surface area contributed by atoms with Crippen molar-refractivity contribution < 1.29 is 0 Å². The zero-order chi connectivity index (χ0) is 26.2. The Balaban J connectivity index is 3.01. The van der Waals surface area contributed by atoms with Gasteiger partial charge in [-0.25, -0.2) is 0 Å². The van der Waals surface area contributed by atoms with Crippen molar-refractivity contribution in [3.63, 3.8) is 0 Å². The Labute approximate surface area is 232 Å². The Morgan fingerprint density at radius 1 is 0.333 bits per heavy atom. The number of unbranched alkanes of at least 4 members (excludes halogenated alkanes) is 30. The van der Waals surface area contributed by atoms with E-state index >= 15 is 0 Å². The van der Waals surface area contributed by atoms with Gasteiger partial charge in [0, 0.05) is 0 Å². The van der Waals surface area contributed by atoms with Crippen LogP contribution in [0.25, 0.3) is 0 Å². The van der Waals surface area contributed by atoms with E-state index in [9.17, 15) is 0 Å². The molecule has 0 aromatic rings. The smallest absolute Gasteiger partial charge is 0.0386 e. The third-order valence-electron chi connectivity index (χ3n) is 8.20. The first kappa shape index (κ1) is 36.0. The molecule has 0 N–H and O–H groups in total. The summed E-state index contributed by atoms with van der Waals surface area (Å²) in [6.07, 6.45) is 47.9. The SMILES string of the molecule is CCCCCCCCCCCCCCCCCC[CH]CCCCCCCCCCCCCCC(C)C. The fourth-order valence-corrected chi connectivity index (χ4v) is 5.59. The standard InChI is InChI=1S/C36H73/c1-4-5-6-7-8-9-10-11-12-13-14-15-16-17-18-19-20-21-22-23-24-25-26-27-28-29-30-31-32-33-34-35-36(2)3/h21,36H,4-20,22-35H2,1-3H3. The van der Waals surface area contributed by atoms with E-state index in [-0.39, 0.29) is 0 Å². The van der Waals surface area contributed by atoms with E-state index in [1.165, 1.54) is 199 Å². The van der Waals surface area contributed by atoms with E-state index in [0.29, 0.717) is 0 Å². The molecule has 0 rings (SSSR count). The van der Waals surface area contributed by atoms with Gasteiger partial charge in [0.05, 0.1) is 0 Å². The normalized spacial score (nSPS) is 11.7. The third kappa shape index (κ3) is 34.0. The molecule has 0 bridgehead atoms.